The van der Waals surface area contributed by atoms with E-state index in [4.69, 9.17) is 0 Å². The van der Waals surface area contributed by atoms with Crippen molar-refractivity contribution in [2.75, 3.05) is 11.9 Å². The number of carbonyl (C=O) groups is 2. The lowest BCUT2D eigenvalue weighted by atomic mass is 10.1. The van der Waals surface area contributed by atoms with Crippen LogP contribution in [-0.2, 0) is 4.79 Å². The second-order valence-corrected chi connectivity index (χ2v) is 6.14. The first kappa shape index (κ1) is 17.1. The standard InChI is InChI=1S/C19H18F2N2O2/c1-12-4-9-16(15(21)11-12)22-18(24)17-3-2-10-23(17)19(25)13-5-7-14(20)8-6-13/h4-9,11,17H,2-3,10H2,1H3,(H,22,24)/t17-/m0/s1. The molecule has 130 valence electrons. The third-order valence-corrected chi connectivity index (χ3v) is 4.29. The summed E-state index contributed by atoms with van der Waals surface area (Å²) in [6, 6.07) is 9.08. The zero-order valence-corrected chi connectivity index (χ0v) is 13.8. The monoisotopic (exact) mass is 344 g/mol. The number of hydrogen-bond donors (Lipinski definition) is 1. The van der Waals surface area contributed by atoms with Crippen molar-refractivity contribution in [2.45, 2.75) is 25.8 Å². The lowest BCUT2D eigenvalue weighted by Gasteiger charge is -2.24. The predicted molar refractivity (Wildman–Crippen MR) is 90.2 cm³/mol. The fourth-order valence-electron chi connectivity index (χ4n) is 2.98. The zero-order valence-electron chi connectivity index (χ0n) is 13.8. The van der Waals surface area contributed by atoms with E-state index in [0.717, 1.165) is 5.56 Å². The van der Waals surface area contributed by atoms with E-state index in [9.17, 15) is 18.4 Å². The topological polar surface area (TPSA) is 49.4 Å². The number of rotatable bonds is 3. The number of amides is 2. The van der Waals surface area contributed by atoms with Crippen LogP contribution in [0.15, 0.2) is 42.5 Å². The van der Waals surface area contributed by atoms with Crippen LogP contribution in [0.1, 0.15) is 28.8 Å². The summed E-state index contributed by atoms with van der Waals surface area (Å²) in [5.41, 5.74) is 1.17. The van der Waals surface area contributed by atoms with E-state index in [1.54, 1.807) is 13.0 Å². The average molecular weight is 344 g/mol. The number of likely N-dealkylation sites (tertiary alicyclic amines) is 1. The molecule has 1 atom stereocenters. The number of hydrogen-bond acceptors (Lipinski definition) is 2. The maximum atomic E-state index is 13.9. The normalized spacial score (nSPS) is 16.8. The van der Waals surface area contributed by atoms with E-state index >= 15 is 0 Å². The molecular weight excluding hydrogens is 326 g/mol. The van der Waals surface area contributed by atoms with Crippen LogP contribution in [0.2, 0.25) is 0 Å². The van der Waals surface area contributed by atoms with Crippen molar-refractivity contribution < 1.29 is 18.4 Å². The number of halogens is 2. The molecule has 1 N–H and O–H groups in total. The van der Waals surface area contributed by atoms with Gasteiger partial charge < -0.3 is 10.2 Å². The molecule has 2 aromatic carbocycles. The molecule has 0 aromatic heterocycles. The summed E-state index contributed by atoms with van der Waals surface area (Å²) in [5.74, 6) is -1.69. The first-order chi connectivity index (χ1) is 12.0. The van der Waals surface area contributed by atoms with Gasteiger partial charge in [-0.1, -0.05) is 6.07 Å². The Hall–Kier alpha value is -2.76. The van der Waals surface area contributed by atoms with Gasteiger partial charge in [0.25, 0.3) is 5.91 Å². The third-order valence-electron chi connectivity index (χ3n) is 4.29. The maximum absolute atomic E-state index is 13.9. The van der Waals surface area contributed by atoms with Crippen LogP contribution < -0.4 is 5.32 Å². The summed E-state index contributed by atoms with van der Waals surface area (Å²) in [6.45, 7) is 2.19. The summed E-state index contributed by atoms with van der Waals surface area (Å²) in [7, 11) is 0. The molecule has 25 heavy (non-hydrogen) atoms. The van der Waals surface area contributed by atoms with Crippen molar-refractivity contribution in [3.8, 4) is 0 Å². The van der Waals surface area contributed by atoms with Gasteiger partial charge in [0.2, 0.25) is 5.91 Å². The summed E-state index contributed by atoms with van der Waals surface area (Å²) >= 11 is 0. The van der Waals surface area contributed by atoms with Crippen LogP contribution in [0.25, 0.3) is 0 Å². The van der Waals surface area contributed by atoms with Crippen molar-refractivity contribution in [3.63, 3.8) is 0 Å². The molecule has 0 saturated carbocycles. The maximum Gasteiger partial charge on any atom is 0.254 e. The molecule has 0 spiro atoms. The molecule has 3 rings (SSSR count). The number of benzene rings is 2. The minimum absolute atomic E-state index is 0.0941. The number of anilines is 1. The Labute approximate surface area is 144 Å². The van der Waals surface area contributed by atoms with Crippen LogP contribution in [0.5, 0.6) is 0 Å². The van der Waals surface area contributed by atoms with Gasteiger partial charge in [0.1, 0.15) is 17.7 Å². The van der Waals surface area contributed by atoms with Crippen molar-refractivity contribution in [3.05, 3.63) is 65.2 Å². The number of aryl methyl sites for hydroxylation is 1. The smallest absolute Gasteiger partial charge is 0.254 e. The van der Waals surface area contributed by atoms with Crippen molar-refractivity contribution in [1.29, 1.82) is 0 Å². The van der Waals surface area contributed by atoms with E-state index in [1.165, 1.54) is 41.3 Å². The Morgan fingerprint density at radius 2 is 1.84 bits per heavy atom. The lowest BCUT2D eigenvalue weighted by Crippen LogP contribution is -2.43. The molecule has 0 radical (unpaired) electrons. The van der Waals surface area contributed by atoms with Crippen LogP contribution in [0.3, 0.4) is 0 Å². The number of nitrogens with one attached hydrogen (secondary N) is 1. The Morgan fingerprint density at radius 1 is 1.12 bits per heavy atom. The van der Waals surface area contributed by atoms with E-state index in [2.05, 4.69) is 5.32 Å². The van der Waals surface area contributed by atoms with Crippen molar-refractivity contribution in [1.82, 2.24) is 4.90 Å². The van der Waals surface area contributed by atoms with Crippen LogP contribution in [0, 0.1) is 18.6 Å². The molecule has 1 heterocycles. The Balaban J connectivity index is 1.75. The second-order valence-electron chi connectivity index (χ2n) is 6.14. The zero-order chi connectivity index (χ0) is 18.0. The summed E-state index contributed by atoms with van der Waals surface area (Å²) in [6.07, 6.45) is 1.19. The fourth-order valence-corrected chi connectivity index (χ4v) is 2.98. The van der Waals surface area contributed by atoms with Gasteiger partial charge in [-0.25, -0.2) is 8.78 Å². The predicted octanol–water partition coefficient (Wildman–Crippen LogP) is 3.52. The van der Waals surface area contributed by atoms with Gasteiger partial charge in [0, 0.05) is 12.1 Å². The minimum atomic E-state index is -0.668. The highest BCUT2D eigenvalue weighted by Gasteiger charge is 2.34. The van der Waals surface area contributed by atoms with E-state index < -0.39 is 23.6 Å². The van der Waals surface area contributed by atoms with Crippen LogP contribution in [0.4, 0.5) is 14.5 Å². The Bertz CT molecular complexity index is 806. The van der Waals surface area contributed by atoms with E-state index in [1.807, 2.05) is 0 Å². The molecule has 0 bridgehead atoms. The summed E-state index contributed by atoms with van der Waals surface area (Å²) in [5, 5.41) is 2.56. The van der Waals surface area contributed by atoms with Crippen molar-refractivity contribution in [2.24, 2.45) is 0 Å². The molecule has 0 aliphatic carbocycles. The molecule has 6 heteroatoms. The highest BCUT2D eigenvalue weighted by Crippen LogP contribution is 2.23. The first-order valence-corrected chi connectivity index (χ1v) is 8.09. The summed E-state index contributed by atoms with van der Waals surface area (Å²) in [4.78, 5) is 26.6. The third kappa shape index (κ3) is 3.68. The highest BCUT2D eigenvalue weighted by molar-refractivity contribution is 6.01. The van der Waals surface area contributed by atoms with E-state index in [0.29, 0.717) is 24.9 Å². The molecule has 1 saturated heterocycles. The highest BCUT2D eigenvalue weighted by atomic mass is 19.1. The number of nitrogens with zero attached hydrogens (tertiary/aromatic N) is 1. The quantitative estimate of drug-likeness (QED) is 0.926. The van der Waals surface area contributed by atoms with Gasteiger partial charge in [-0.2, -0.15) is 0 Å². The minimum Gasteiger partial charge on any atom is -0.327 e. The van der Waals surface area contributed by atoms with Crippen LogP contribution in [-0.4, -0.2) is 29.3 Å². The summed E-state index contributed by atoms with van der Waals surface area (Å²) < 4.78 is 26.9. The van der Waals surface area contributed by atoms with Gasteiger partial charge in [-0.05, 0) is 61.7 Å². The van der Waals surface area contributed by atoms with Gasteiger partial charge in [-0.15, -0.1) is 0 Å². The molecule has 1 aliphatic rings. The van der Waals surface area contributed by atoms with Gasteiger partial charge in [-0.3, -0.25) is 9.59 Å². The van der Waals surface area contributed by atoms with Gasteiger partial charge in [0.05, 0.1) is 5.69 Å². The largest absolute Gasteiger partial charge is 0.327 e. The first-order valence-electron chi connectivity index (χ1n) is 8.09. The number of carbonyl (C=O) groups excluding carboxylic acids is 2. The van der Waals surface area contributed by atoms with Gasteiger partial charge in [0.15, 0.2) is 0 Å². The molecule has 2 amide bonds. The Kier molecular flexibility index (Phi) is 4.79. The SMILES string of the molecule is Cc1ccc(NC(=O)[C@@H]2CCCN2C(=O)c2ccc(F)cc2)c(F)c1. The second kappa shape index (κ2) is 7.01. The molecule has 1 aliphatic heterocycles. The van der Waals surface area contributed by atoms with Crippen LogP contribution >= 0.6 is 0 Å². The average Bonchev–Trinajstić information content (AvgIpc) is 3.07. The molecule has 4 nitrogen and oxygen atoms in total. The van der Waals surface area contributed by atoms with Crippen molar-refractivity contribution >= 4 is 17.5 Å². The van der Waals surface area contributed by atoms with E-state index in [-0.39, 0.29) is 11.6 Å². The molecule has 1 fully saturated rings. The molecule has 2 aromatic rings. The fraction of sp³-hybridized carbons (Fsp3) is 0.263. The molecular formula is C19H18F2N2O2. The Morgan fingerprint density at radius 3 is 2.52 bits per heavy atom. The molecule has 0 unspecified atom stereocenters. The lowest BCUT2D eigenvalue weighted by molar-refractivity contribution is -0.119. The van der Waals surface area contributed by atoms with Gasteiger partial charge >= 0.3 is 0 Å².